The van der Waals surface area contributed by atoms with E-state index < -0.39 is 46.2 Å². The van der Waals surface area contributed by atoms with Crippen molar-refractivity contribution in [3.05, 3.63) is 183 Å². The van der Waals surface area contributed by atoms with E-state index in [4.69, 9.17) is 18.9 Å². The first kappa shape index (κ1) is 70.0. The SMILES string of the molecule is CCCCOc1c2cc(-c3ccc(C=C(C#N)C(=O)O)s3)cc1Cc1cc(-c3ccc(/C=C(/C#N)C(=O)O)s3)cc(c1OCCCC)Cc1cc(-c3ccc(/C=C(/C#N)C(=O)O)s3)cc(c1OCCCC)Cc1cc(-c3ccc(/C=C(/C#N)C(=O)O)s3)cc(c1OCCCC)C2. The summed E-state index contributed by atoms with van der Waals surface area (Å²) in [7, 11) is 0. The molecule has 0 fully saturated rings. The zero-order chi connectivity index (χ0) is 68.4. The second-order valence-electron chi connectivity index (χ2n) is 22.7. The first-order valence-corrected chi connectivity index (χ1v) is 34.7. The maximum Gasteiger partial charge on any atom is 0.346 e. The highest BCUT2D eigenvalue weighted by molar-refractivity contribution is 7.17. The third-order valence-corrected chi connectivity index (χ3v) is 20.0. The van der Waals surface area contributed by atoms with Gasteiger partial charge in [0.25, 0.3) is 0 Å². The molecule has 4 N–H and O–H groups in total. The maximum atomic E-state index is 12.1. The molecule has 0 saturated carbocycles. The Morgan fingerprint density at radius 2 is 0.542 bits per heavy atom. The molecule has 4 heterocycles. The highest BCUT2D eigenvalue weighted by Gasteiger charge is 2.27. The Bertz CT molecular complexity index is 3910. The molecule has 8 aromatic rings. The van der Waals surface area contributed by atoms with Crippen LogP contribution in [0.25, 0.3) is 66.1 Å². The fraction of sp³-hybridized carbons (Fsp3) is 0.263. The van der Waals surface area contributed by atoms with Crippen LogP contribution in [0.5, 0.6) is 23.0 Å². The van der Waals surface area contributed by atoms with Crippen LogP contribution < -0.4 is 18.9 Å². The number of carboxylic acid groups (broad SMARTS) is 4. The molecule has 4 aromatic carbocycles. The molecule has 0 saturated heterocycles. The quantitative estimate of drug-likeness (QED) is 0.0201. The summed E-state index contributed by atoms with van der Waals surface area (Å²) in [5.41, 5.74) is 7.83. The Morgan fingerprint density at radius 3 is 0.698 bits per heavy atom. The summed E-state index contributed by atoms with van der Waals surface area (Å²) in [4.78, 5) is 53.9. The number of nitriles is 4. The van der Waals surface area contributed by atoms with E-state index in [1.807, 2.05) is 24.3 Å². The van der Waals surface area contributed by atoms with Gasteiger partial charge in [0, 0.05) is 64.7 Å². The standard InChI is InChI=1S/C76H68N4O12S4/c1-5-9-21-89-69-49-25-45(65-17-13-61(93-65)37-57(41-77)73(81)82)26-50(69)34-52-28-47(67-19-15-63(95-67)39-59(43-79)75(85)86)30-54(71(52)91-23-11-7-3)36-56-32-48(68-20-16-64(96-68)40-60(44-80)76(87)88)31-55(72(56)92-24-12-8-4)35-53-29-46(27-51(33-49)70(53)90-22-10-6-2)66-18-14-62(94-66)38-58(42-78)74(83)84/h13-20,25-32,37-40H,5-12,21-24,33-36H2,1-4H3,(H,81,82)(H,83,84)(H,85,86)(H,87,88)/b57-37-,58-38-,59-39-,60-40?. The molecule has 1 aliphatic carbocycles. The van der Waals surface area contributed by atoms with Crippen LogP contribution in [0.3, 0.4) is 0 Å². The van der Waals surface area contributed by atoms with Crippen molar-refractivity contribution in [2.75, 3.05) is 26.4 Å². The number of fused-ring (bicyclic) bond motifs is 8. The summed E-state index contributed by atoms with van der Waals surface area (Å²) in [6.07, 6.45) is 12.6. The van der Waals surface area contributed by atoms with Gasteiger partial charge in [-0.2, -0.15) is 21.0 Å². The largest absolute Gasteiger partial charge is 0.493 e. The normalized spacial score (nSPS) is 12.4. The summed E-state index contributed by atoms with van der Waals surface area (Å²) >= 11 is 5.33. The molecule has 16 nitrogen and oxygen atoms in total. The van der Waals surface area contributed by atoms with E-state index >= 15 is 0 Å². The lowest BCUT2D eigenvalue weighted by atomic mass is 9.88. The molecule has 9 rings (SSSR count). The summed E-state index contributed by atoms with van der Waals surface area (Å²) in [6.45, 7) is 9.82. The molecule has 0 radical (unpaired) electrons. The zero-order valence-corrected chi connectivity index (χ0v) is 56.6. The van der Waals surface area contributed by atoms with E-state index in [1.54, 1.807) is 48.5 Å². The Morgan fingerprint density at radius 1 is 0.354 bits per heavy atom. The van der Waals surface area contributed by atoms with Gasteiger partial charge in [-0.3, -0.25) is 0 Å². The molecule has 8 bridgehead atoms. The molecule has 0 aliphatic heterocycles. The van der Waals surface area contributed by atoms with Crippen LogP contribution in [0.4, 0.5) is 0 Å². The van der Waals surface area contributed by atoms with Crippen LogP contribution in [-0.2, 0) is 44.9 Å². The van der Waals surface area contributed by atoms with E-state index in [-0.39, 0.29) is 25.7 Å². The molecule has 4 aromatic heterocycles. The molecule has 0 spiro atoms. The van der Waals surface area contributed by atoms with E-state index in [0.717, 1.165) is 138 Å². The van der Waals surface area contributed by atoms with Gasteiger partial charge in [0.2, 0.25) is 0 Å². The van der Waals surface area contributed by atoms with E-state index in [2.05, 4.69) is 76.2 Å². The van der Waals surface area contributed by atoms with Crippen LogP contribution in [0.1, 0.15) is 143 Å². The van der Waals surface area contributed by atoms with Gasteiger partial charge < -0.3 is 39.4 Å². The van der Waals surface area contributed by atoms with Crippen molar-refractivity contribution in [1.29, 1.82) is 21.0 Å². The average molecular weight is 1360 g/mol. The maximum absolute atomic E-state index is 12.1. The number of carboxylic acids is 4. The first-order chi connectivity index (χ1) is 46.5. The third-order valence-electron chi connectivity index (χ3n) is 15.7. The monoisotopic (exact) mass is 1360 g/mol. The number of carbonyl (C=O) groups is 4. The number of hydrogen-bond donors (Lipinski definition) is 4. The Hall–Kier alpha value is -10.3. The minimum atomic E-state index is -1.35. The molecule has 0 atom stereocenters. The van der Waals surface area contributed by atoms with E-state index in [1.165, 1.54) is 69.7 Å². The van der Waals surface area contributed by atoms with Crippen molar-refractivity contribution >= 4 is 93.5 Å². The second-order valence-corrected chi connectivity index (χ2v) is 27.2. The number of rotatable bonds is 28. The molecular formula is C76H68N4O12S4. The van der Waals surface area contributed by atoms with Gasteiger partial charge in [0.15, 0.2) is 0 Å². The lowest BCUT2D eigenvalue weighted by Crippen LogP contribution is -2.11. The molecule has 96 heavy (non-hydrogen) atoms. The van der Waals surface area contributed by atoms with Gasteiger partial charge in [-0.25, -0.2) is 19.2 Å². The van der Waals surface area contributed by atoms with Gasteiger partial charge in [0.05, 0.1) is 26.4 Å². The number of ether oxygens (including phenoxy) is 4. The van der Waals surface area contributed by atoms with E-state index in [0.29, 0.717) is 68.9 Å². The third kappa shape index (κ3) is 17.3. The zero-order valence-electron chi connectivity index (χ0n) is 53.3. The average Bonchev–Trinajstić information content (AvgIpc) is 1.00. The summed E-state index contributed by atoms with van der Waals surface area (Å²) in [5, 5.41) is 78.9. The first-order valence-electron chi connectivity index (χ1n) is 31.4. The molecule has 488 valence electrons. The van der Waals surface area contributed by atoms with Crippen molar-refractivity contribution in [2.24, 2.45) is 0 Å². The van der Waals surface area contributed by atoms with Crippen molar-refractivity contribution in [2.45, 2.75) is 105 Å². The van der Waals surface area contributed by atoms with Crippen LogP contribution in [0, 0.1) is 45.3 Å². The fourth-order valence-corrected chi connectivity index (χ4v) is 14.7. The van der Waals surface area contributed by atoms with Crippen LogP contribution >= 0.6 is 45.3 Å². The van der Waals surface area contributed by atoms with Crippen molar-refractivity contribution in [1.82, 2.24) is 0 Å². The molecular weight excluding hydrogens is 1290 g/mol. The van der Waals surface area contributed by atoms with Gasteiger partial charge in [-0.1, -0.05) is 53.4 Å². The second kappa shape index (κ2) is 33.2. The highest BCUT2D eigenvalue weighted by Crippen LogP contribution is 2.47. The lowest BCUT2D eigenvalue weighted by Gasteiger charge is -2.25. The van der Waals surface area contributed by atoms with Crippen molar-refractivity contribution in [3.63, 3.8) is 0 Å². The number of thiophene rings is 4. The fourth-order valence-electron chi connectivity index (χ4n) is 11.0. The summed E-state index contributed by atoms with van der Waals surface area (Å²) in [6, 6.07) is 38.7. The minimum absolute atomic E-state index is 0.241. The summed E-state index contributed by atoms with van der Waals surface area (Å²) in [5.74, 6) is -2.87. The number of unbranched alkanes of at least 4 members (excludes halogenated alkanes) is 4. The van der Waals surface area contributed by atoms with Crippen molar-refractivity contribution < 1.29 is 58.6 Å². The van der Waals surface area contributed by atoms with Gasteiger partial charge in [-0.05, 0) is 214 Å². The van der Waals surface area contributed by atoms with Crippen LogP contribution in [-0.4, -0.2) is 70.7 Å². The Balaban J connectivity index is 1.43. The number of hydrogen-bond acceptors (Lipinski definition) is 16. The molecule has 1 aliphatic rings. The van der Waals surface area contributed by atoms with Gasteiger partial charge in [-0.15, -0.1) is 45.3 Å². The predicted octanol–water partition coefficient (Wildman–Crippen LogP) is 18.0. The highest BCUT2D eigenvalue weighted by atomic mass is 32.1. The smallest absolute Gasteiger partial charge is 0.346 e. The van der Waals surface area contributed by atoms with E-state index in [9.17, 15) is 60.7 Å². The van der Waals surface area contributed by atoms with Crippen molar-refractivity contribution in [3.8, 4) is 89.0 Å². The topological polar surface area (TPSA) is 281 Å². The predicted molar refractivity (Wildman–Crippen MR) is 377 cm³/mol. The Kier molecular flexibility index (Phi) is 24.2. The van der Waals surface area contributed by atoms with Crippen LogP contribution in [0.15, 0.2) is 119 Å². The number of nitrogens with zero attached hydrogens (tertiary/aromatic N) is 4. The van der Waals surface area contributed by atoms with Crippen LogP contribution in [0.2, 0.25) is 0 Å². The van der Waals surface area contributed by atoms with Gasteiger partial charge >= 0.3 is 23.9 Å². The minimum Gasteiger partial charge on any atom is -0.493 e. The number of aliphatic carboxylic acids is 4. The molecule has 0 unspecified atom stereocenters. The lowest BCUT2D eigenvalue weighted by molar-refractivity contribution is -0.133. The summed E-state index contributed by atoms with van der Waals surface area (Å²) < 4.78 is 28.5. The molecule has 20 heteroatoms. The number of benzene rings is 4. The Labute approximate surface area is 573 Å². The van der Waals surface area contributed by atoms with Gasteiger partial charge in [0.1, 0.15) is 69.6 Å². The molecule has 0 amide bonds.